The van der Waals surface area contributed by atoms with E-state index < -0.39 is 15.6 Å². The van der Waals surface area contributed by atoms with E-state index in [0.717, 1.165) is 0 Å². The molecular formula is C13H19NO2S. The molecule has 0 aromatic heterocycles. The molecule has 1 aromatic rings. The number of benzene rings is 1. The minimum atomic E-state index is -3.46. The molecule has 0 atom stereocenters. The van der Waals surface area contributed by atoms with Gasteiger partial charge in [-0.25, -0.2) is 8.42 Å². The lowest BCUT2D eigenvalue weighted by Gasteiger charge is -2.33. The smallest absolute Gasteiger partial charge is 0.207 e. The molecule has 0 saturated carbocycles. The molecule has 1 aromatic carbocycles. The van der Waals surface area contributed by atoms with E-state index in [4.69, 9.17) is 0 Å². The van der Waals surface area contributed by atoms with Gasteiger partial charge in [-0.15, -0.1) is 6.58 Å². The second kappa shape index (κ2) is 5.02. The van der Waals surface area contributed by atoms with Gasteiger partial charge in [-0.3, -0.25) is 0 Å². The minimum absolute atomic E-state index is 0.306. The van der Waals surface area contributed by atoms with Crippen molar-refractivity contribution in [1.82, 2.24) is 4.31 Å². The summed E-state index contributed by atoms with van der Waals surface area (Å²) in [7, 11) is -3.46. The minimum Gasteiger partial charge on any atom is -0.207 e. The van der Waals surface area contributed by atoms with Gasteiger partial charge in [0.1, 0.15) is 0 Å². The second-order valence-electron chi connectivity index (χ2n) is 4.81. The van der Waals surface area contributed by atoms with E-state index in [2.05, 4.69) is 6.58 Å². The van der Waals surface area contributed by atoms with Crippen LogP contribution >= 0.6 is 0 Å². The lowest BCUT2D eigenvalue weighted by molar-refractivity contribution is 0.270. The summed E-state index contributed by atoms with van der Waals surface area (Å²) in [5.74, 6) is 0. The highest BCUT2D eigenvalue weighted by Gasteiger charge is 2.32. The summed E-state index contributed by atoms with van der Waals surface area (Å²) >= 11 is 0. The number of hydrogen-bond donors (Lipinski definition) is 0. The molecule has 0 bridgehead atoms. The Balaban J connectivity index is 3.24. The maximum atomic E-state index is 12.4. The van der Waals surface area contributed by atoms with Gasteiger partial charge < -0.3 is 0 Å². The van der Waals surface area contributed by atoms with Crippen molar-refractivity contribution in [1.29, 1.82) is 0 Å². The van der Waals surface area contributed by atoms with Gasteiger partial charge >= 0.3 is 0 Å². The van der Waals surface area contributed by atoms with Crippen LogP contribution in [-0.4, -0.2) is 24.8 Å². The van der Waals surface area contributed by atoms with Crippen molar-refractivity contribution in [2.24, 2.45) is 0 Å². The van der Waals surface area contributed by atoms with E-state index in [1.165, 1.54) is 4.31 Å². The van der Waals surface area contributed by atoms with Gasteiger partial charge in [-0.05, 0) is 32.9 Å². The molecule has 94 valence electrons. The lowest BCUT2D eigenvalue weighted by Crippen LogP contribution is -2.45. The van der Waals surface area contributed by atoms with Crippen molar-refractivity contribution in [3.8, 4) is 0 Å². The molecular weight excluding hydrogens is 234 g/mol. The molecule has 0 spiro atoms. The average molecular weight is 253 g/mol. The number of nitrogens with zero attached hydrogens (tertiary/aromatic N) is 1. The number of hydrogen-bond acceptors (Lipinski definition) is 2. The maximum absolute atomic E-state index is 12.4. The van der Waals surface area contributed by atoms with Crippen LogP contribution in [0, 0.1) is 0 Å². The normalized spacial score (nSPS) is 12.7. The Morgan fingerprint density at radius 3 is 2.18 bits per heavy atom. The van der Waals surface area contributed by atoms with Gasteiger partial charge in [0, 0.05) is 12.1 Å². The Labute approximate surface area is 104 Å². The monoisotopic (exact) mass is 253 g/mol. The van der Waals surface area contributed by atoms with Crippen LogP contribution in [0.15, 0.2) is 47.9 Å². The summed E-state index contributed by atoms with van der Waals surface area (Å²) in [6.07, 6.45) is 1.60. The Bertz CT molecular complexity index is 472. The Kier molecular flexibility index (Phi) is 4.11. The fraction of sp³-hybridized carbons (Fsp3) is 0.385. The SMILES string of the molecule is C=CCN(C(C)(C)C)S(=O)(=O)c1ccccc1. The van der Waals surface area contributed by atoms with E-state index in [1.807, 2.05) is 20.8 Å². The summed E-state index contributed by atoms with van der Waals surface area (Å²) in [6.45, 7) is 9.54. The van der Waals surface area contributed by atoms with Crippen LogP contribution in [0.1, 0.15) is 20.8 Å². The molecule has 0 aliphatic heterocycles. The molecule has 0 heterocycles. The van der Waals surface area contributed by atoms with Crippen molar-refractivity contribution >= 4 is 10.0 Å². The fourth-order valence-electron chi connectivity index (χ4n) is 1.57. The third-order valence-electron chi connectivity index (χ3n) is 2.37. The van der Waals surface area contributed by atoms with Crippen LogP contribution in [0.25, 0.3) is 0 Å². The molecule has 0 radical (unpaired) electrons. The first kappa shape index (κ1) is 13.9. The Hall–Kier alpha value is -1.13. The topological polar surface area (TPSA) is 37.4 Å². The van der Waals surface area contributed by atoms with Crippen LogP contribution in [0.4, 0.5) is 0 Å². The van der Waals surface area contributed by atoms with Gasteiger partial charge in [0.2, 0.25) is 10.0 Å². The second-order valence-corrected chi connectivity index (χ2v) is 6.67. The molecule has 0 aliphatic carbocycles. The molecule has 1 rings (SSSR count). The van der Waals surface area contributed by atoms with Crippen LogP contribution in [0.3, 0.4) is 0 Å². The first-order valence-electron chi connectivity index (χ1n) is 5.49. The predicted octanol–water partition coefficient (Wildman–Crippen LogP) is 2.66. The zero-order valence-corrected chi connectivity index (χ0v) is 11.4. The van der Waals surface area contributed by atoms with E-state index in [-0.39, 0.29) is 0 Å². The van der Waals surface area contributed by atoms with E-state index in [1.54, 1.807) is 36.4 Å². The van der Waals surface area contributed by atoms with Crippen molar-refractivity contribution in [2.75, 3.05) is 6.54 Å². The van der Waals surface area contributed by atoms with Crippen LogP contribution < -0.4 is 0 Å². The first-order chi connectivity index (χ1) is 7.80. The van der Waals surface area contributed by atoms with Crippen LogP contribution in [0.5, 0.6) is 0 Å². The highest BCUT2D eigenvalue weighted by Crippen LogP contribution is 2.23. The molecule has 0 fully saturated rings. The molecule has 0 amide bonds. The molecule has 0 N–H and O–H groups in total. The third kappa shape index (κ3) is 3.17. The van der Waals surface area contributed by atoms with E-state index in [0.29, 0.717) is 11.4 Å². The third-order valence-corrected chi connectivity index (χ3v) is 4.52. The van der Waals surface area contributed by atoms with Gasteiger partial charge in [-0.2, -0.15) is 4.31 Å². The Morgan fingerprint density at radius 2 is 1.76 bits per heavy atom. The Morgan fingerprint density at radius 1 is 1.24 bits per heavy atom. The van der Waals surface area contributed by atoms with Crippen molar-refractivity contribution < 1.29 is 8.42 Å². The first-order valence-corrected chi connectivity index (χ1v) is 6.93. The summed E-state index contributed by atoms with van der Waals surface area (Å²) in [5, 5.41) is 0. The van der Waals surface area contributed by atoms with Crippen molar-refractivity contribution in [3.05, 3.63) is 43.0 Å². The number of sulfonamides is 1. The van der Waals surface area contributed by atoms with Crippen molar-refractivity contribution in [2.45, 2.75) is 31.2 Å². The quantitative estimate of drug-likeness (QED) is 0.774. The van der Waals surface area contributed by atoms with E-state index in [9.17, 15) is 8.42 Å². The van der Waals surface area contributed by atoms with Gasteiger partial charge in [-0.1, -0.05) is 24.3 Å². The summed E-state index contributed by atoms with van der Waals surface area (Å²) in [5.41, 5.74) is -0.469. The highest BCUT2D eigenvalue weighted by atomic mass is 32.2. The molecule has 0 unspecified atom stereocenters. The summed E-state index contributed by atoms with van der Waals surface area (Å²) < 4.78 is 26.3. The van der Waals surface area contributed by atoms with Crippen LogP contribution in [0.2, 0.25) is 0 Å². The zero-order chi connectivity index (χ0) is 13.1. The molecule has 3 nitrogen and oxygen atoms in total. The summed E-state index contributed by atoms with van der Waals surface area (Å²) in [4.78, 5) is 0.316. The molecule has 0 aliphatic rings. The molecule has 0 saturated heterocycles. The standard InChI is InChI=1S/C13H19NO2S/c1-5-11-14(13(2,3)4)17(15,16)12-9-7-6-8-10-12/h5-10H,1,11H2,2-4H3. The zero-order valence-electron chi connectivity index (χ0n) is 10.6. The predicted molar refractivity (Wildman–Crippen MR) is 70.3 cm³/mol. The fourth-order valence-corrected chi connectivity index (χ4v) is 3.35. The van der Waals surface area contributed by atoms with Gasteiger partial charge in [0.15, 0.2) is 0 Å². The average Bonchev–Trinajstić information content (AvgIpc) is 2.25. The summed E-state index contributed by atoms with van der Waals surface area (Å²) in [6, 6.07) is 8.46. The van der Waals surface area contributed by atoms with Crippen molar-refractivity contribution in [3.63, 3.8) is 0 Å². The van der Waals surface area contributed by atoms with E-state index >= 15 is 0 Å². The van der Waals surface area contributed by atoms with Gasteiger partial charge in [0.05, 0.1) is 4.90 Å². The number of rotatable bonds is 4. The molecule has 4 heteroatoms. The van der Waals surface area contributed by atoms with Gasteiger partial charge in [0.25, 0.3) is 0 Å². The lowest BCUT2D eigenvalue weighted by atomic mass is 10.1. The maximum Gasteiger partial charge on any atom is 0.243 e. The largest absolute Gasteiger partial charge is 0.243 e. The highest BCUT2D eigenvalue weighted by molar-refractivity contribution is 7.89. The molecule has 17 heavy (non-hydrogen) atoms. The van der Waals surface area contributed by atoms with Crippen LogP contribution in [-0.2, 0) is 10.0 Å².